The number of amides is 2. The molecule has 5 nitrogen and oxygen atoms in total. The molecule has 0 atom stereocenters. The van der Waals surface area contributed by atoms with Crippen molar-refractivity contribution in [1.82, 2.24) is 9.55 Å². The molecular formula is C22H24N4OS. The third-order valence-electron chi connectivity index (χ3n) is 4.76. The summed E-state index contributed by atoms with van der Waals surface area (Å²) in [5, 5.41) is 6.90. The van der Waals surface area contributed by atoms with Crippen LogP contribution in [0.25, 0.3) is 11.3 Å². The summed E-state index contributed by atoms with van der Waals surface area (Å²) in [7, 11) is 0. The molecule has 0 unspecified atom stereocenters. The molecule has 2 aromatic carbocycles. The number of imidazole rings is 1. The molecule has 4 rings (SSSR count). The van der Waals surface area contributed by atoms with E-state index in [0.717, 1.165) is 40.1 Å². The lowest BCUT2D eigenvalue weighted by Crippen LogP contribution is -2.20. The average Bonchev–Trinajstić information content (AvgIpc) is 3.24. The van der Waals surface area contributed by atoms with Gasteiger partial charge in [-0.05, 0) is 29.2 Å². The van der Waals surface area contributed by atoms with E-state index < -0.39 is 0 Å². The van der Waals surface area contributed by atoms with Crippen molar-refractivity contribution in [3.8, 4) is 11.3 Å². The minimum Gasteiger partial charge on any atom is -0.325 e. The lowest BCUT2D eigenvalue weighted by Gasteiger charge is -2.19. The lowest BCUT2D eigenvalue weighted by molar-refractivity contribution is 0.262. The molecule has 0 saturated carbocycles. The number of anilines is 2. The highest BCUT2D eigenvalue weighted by atomic mass is 32.2. The molecule has 1 aliphatic rings. The normalized spacial score (nSPS) is 13.2. The van der Waals surface area contributed by atoms with Gasteiger partial charge >= 0.3 is 6.03 Å². The van der Waals surface area contributed by atoms with Crippen molar-refractivity contribution in [2.75, 3.05) is 16.4 Å². The first-order valence-electron chi connectivity index (χ1n) is 9.38. The fourth-order valence-electron chi connectivity index (χ4n) is 3.19. The van der Waals surface area contributed by atoms with E-state index in [4.69, 9.17) is 4.98 Å². The van der Waals surface area contributed by atoms with Gasteiger partial charge in [0.15, 0.2) is 5.16 Å². The third-order valence-corrected chi connectivity index (χ3v) is 5.73. The molecule has 144 valence electrons. The molecule has 0 spiro atoms. The molecule has 0 radical (unpaired) electrons. The van der Waals surface area contributed by atoms with Crippen LogP contribution in [-0.2, 0) is 12.0 Å². The van der Waals surface area contributed by atoms with Gasteiger partial charge in [0.05, 0.1) is 11.4 Å². The molecule has 6 heteroatoms. The molecule has 0 aliphatic carbocycles. The maximum Gasteiger partial charge on any atom is 0.323 e. The number of thioether (sulfide) groups is 1. The smallest absolute Gasteiger partial charge is 0.323 e. The van der Waals surface area contributed by atoms with Gasteiger partial charge in [-0.1, -0.05) is 62.9 Å². The van der Waals surface area contributed by atoms with Gasteiger partial charge in [-0.15, -0.1) is 0 Å². The van der Waals surface area contributed by atoms with Crippen LogP contribution in [0.4, 0.5) is 16.2 Å². The van der Waals surface area contributed by atoms with E-state index in [1.807, 2.05) is 48.5 Å². The Balaban J connectivity index is 1.49. The van der Waals surface area contributed by atoms with Gasteiger partial charge in [0, 0.05) is 29.7 Å². The summed E-state index contributed by atoms with van der Waals surface area (Å²) in [4.78, 5) is 17.2. The van der Waals surface area contributed by atoms with Crippen molar-refractivity contribution in [1.29, 1.82) is 0 Å². The van der Waals surface area contributed by atoms with E-state index in [2.05, 4.69) is 42.2 Å². The molecular weight excluding hydrogens is 368 g/mol. The molecule has 2 N–H and O–H groups in total. The van der Waals surface area contributed by atoms with Gasteiger partial charge < -0.3 is 15.2 Å². The lowest BCUT2D eigenvalue weighted by atomic mass is 9.87. The fourth-order valence-corrected chi connectivity index (χ4v) is 4.14. The van der Waals surface area contributed by atoms with E-state index >= 15 is 0 Å². The first kappa shape index (κ1) is 18.6. The number of fused-ring (bicyclic) bond motifs is 1. The zero-order valence-corrected chi connectivity index (χ0v) is 17.1. The van der Waals surface area contributed by atoms with Gasteiger partial charge in [0.2, 0.25) is 0 Å². The SMILES string of the molecule is CC(C)(C)c1ccc(NC(=O)Nc2ccccc2-c2cn3c(n2)SCC3)cc1. The van der Waals surface area contributed by atoms with Crippen LogP contribution in [0, 0.1) is 0 Å². The van der Waals surface area contributed by atoms with Crippen LogP contribution in [0.15, 0.2) is 59.9 Å². The number of carbonyl (C=O) groups is 1. The van der Waals surface area contributed by atoms with Crippen molar-refractivity contribution in [3.63, 3.8) is 0 Å². The minimum atomic E-state index is -0.267. The molecule has 0 bridgehead atoms. The quantitative estimate of drug-likeness (QED) is 0.610. The topological polar surface area (TPSA) is 59.0 Å². The van der Waals surface area contributed by atoms with E-state index in [1.165, 1.54) is 5.56 Å². The summed E-state index contributed by atoms with van der Waals surface area (Å²) in [6, 6.07) is 15.5. The van der Waals surface area contributed by atoms with Crippen molar-refractivity contribution in [2.24, 2.45) is 0 Å². The Morgan fingerprint density at radius 2 is 1.82 bits per heavy atom. The minimum absolute atomic E-state index is 0.0862. The first-order valence-corrected chi connectivity index (χ1v) is 10.4. The average molecular weight is 393 g/mol. The van der Waals surface area contributed by atoms with Crippen LogP contribution in [0.5, 0.6) is 0 Å². The molecule has 2 heterocycles. The molecule has 1 aromatic heterocycles. The summed E-state index contributed by atoms with van der Waals surface area (Å²) in [6.07, 6.45) is 2.05. The van der Waals surface area contributed by atoms with Crippen molar-refractivity contribution >= 4 is 29.2 Å². The highest BCUT2D eigenvalue weighted by molar-refractivity contribution is 7.99. The van der Waals surface area contributed by atoms with Gasteiger partial charge in [-0.3, -0.25) is 0 Å². The van der Waals surface area contributed by atoms with Crippen molar-refractivity contribution < 1.29 is 4.79 Å². The van der Waals surface area contributed by atoms with Crippen LogP contribution < -0.4 is 10.6 Å². The number of aryl methyl sites for hydroxylation is 1. The van der Waals surface area contributed by atoms with E-state index in [-0.39, 0.29) is 11.4 Å². The maximum absolute atomic E-state index is 12.5. The number of nitrogens with zero attached hydrogens (tertiary/aromatic N) is 2. The van der Waals surface area contributed by atoms with E-state index in [9.17, 15) is 4.79 Å². The Morgan fingerprint density at radius 3 is 2.54 bits per heavy atom. The second-order valence-corrected chi connectivity index (χ2v) is 8.96. The van der Waals surface area contributed by atoms with Crippen LogP contribution >= 0.6 is 11.8 Å². The first-order chi connectivity index (χ1) is 13.4. The Morgan fingerprint density at radius 1 is 1.07 bits per heavy atom. The molecule has 2 amide bonds. The maximum atomic E-state index is 12.5. The van der Waals surface area contributed by atoms with Gasteiger partial charge in [0.1, 0.15) is 0 Å². The Bertz CT molecular complexity index is 981. The van der Waals surface area contributed by atoms with Gasteiger partial charge in [-0.2, -0.15) is 0 Å². The summed E-state index contributed by atoms with van der Waals surface area (Å²) >= 11 is 1.76. The number of aromatic nitrogens is 2. The summed E-state index contributed by atoms with van der Waals surface area (Å²) in [6.45, 7) is 7.49. The fraction of sp³-hybridized carbons (Fsp3) is 0.273. The number of urea groups is 1. The van der Waals surface area contributed by atoms with Crippen LogP contribution in [0.3, 0.4) is 0 Å². The van der Waals surface area contributed by atoms with Crippen LogP contribution in [0.2, 0.25) is 0 Å². The van der Waals surface area contributed by atoms with Crippen LogP contribution in [0.1, 0.15) is 26.3 Å². The zero-order valence-electron chi connectivity index (χ0n) is 16.3. The molecule has 28 heavy (non-hydrogen) atoms. The Hall–Kier alpha value is -2.73. The predicted octanol–water partition coefficient (Wildman–Crippen LogP) is 5.60. The molecule has 0 saturated heterocycles. The second-order valence-electron chi connectivity index (χ2n) is 7.90. The Labute approximate surface area is 169 Å². The largest absolute Gasteiger partial charge is 0.325 e. The number of hydrogen-bond donors (Lipinski definition) is 2. The number of rotatable bonds is 3. The summed E-state index contributed by atoms with van der Waals surface area (Å²) in [5.74, 6) is 1.07. The number of nitrogens with one attached hydrogen (secondary N) is 2. The monoisotopic (exact) mass is 392 g/mol. The number of benzene rings is 2. The highest BCUT2D eigenvalue weighted by Crippen LogP contribution is 2.32. The molecule has 3 aromatic rings. The van der Waals surface area contributed by atoms with Crippen LogP contribution in [-0.4, -0.2) is 21.3 Å². The van der Waals surface area contributed by atoms with Gasteiger partial charge in [-0.25, -0.2) is 9.78 Å². The van der Waals surface area contributed by atoms with E-state index in [0.29, 0.717) is 0 Å². The number of hydrogen-bond acceptors (Lipinski definition) is 3. The van der Waals surface area contributed by atoms with E-state index in [1.54, 1.807) is 11.8 Å². The van der Waals surface area contributed by atoms with Crippen molar-refractivity contribution in [2.45, 2.75) is 37.9 Å². The standard InChI is InChI=1S/C22H24N4OS/c1-22(2,3)15-8-10-16(11-9-15)23-20(27)24-18-7-5-4-6-17(18)19-14-26-12-13-28-21(26)25-19/h4-11,14H,12-13H2,1-3H3,(H2,23,24,27). The molecule has 1 aliphatic heterocycles. The van der Waals surface area contributed by atoms with Gasteiger partial charge in [0.25, 0.3) is 0 Å². The summed E-state index contributed by atoms with van der Waals surface area (Å²) in [5.41, 5.74) is 4.63. The molecule has 0 fully saturated rings. The third kappa shape index (κ3) is 3.92. The predicted molar refractivity (Wildman–Crippen MR) is 116 cm³/mol. The zero-order chi connectivity index (χ0) is 19.7. The number of para-hydroxylation sites is 1. The second kappa shape index (κ2) is 7.36. The summed E-state index contributed by atoms with van der Waals surface area (Å²) < 4.78 is 2.16. The number of carbonyl (C=O) groups excluding carboxylic acids is 1. The highest BCUT2D eigenvalue weighted by Gasteiger charge is 2.18. The Kier molecular flexibility index (Phi) is 4.89. The van der Waals surface area contributed by atoms with Crippen molar-refractivity contribution in [3.05, 3.63) is 60.3 Å².